The van der Waals surface area contributed by atoms with E-state index in [2.05, 4.69) is 9.97 Å². The molecular formula is C15H12FN3S. The molecule has 0 bridgehead atoms. The van der Waals surface area contributed by atoms with Gasteiger partial charge >= 0.3 is 0 Å². The Morgan fingerprint density at radius 2 is 2.05 bits per heavy atom. The second-order valence-corrected chi connectivity index (χ2v) is 5.57. The van der Waals surface area contributed by atoms with Crippen molar-refractivity contribution in [1.29, 1.82) is 0 Å². The Morgan fingerprint density at radius 1 is 1.20 bits per heavy atom. The minimum absolute atomic E-state index is 0.266. The molecule has 0 spiro atoms. The van der Waals surface area contributed by atoms with Crippen molar-refractivity contribution in [1.82, 2.24) is 9.97 Å². The molecule has 100 valence electrons. The SMILES string of the molecule is Cc1sc(-c2cccnc2N)nc1-c1cccc(F)c1. The molecule has 3 nitrogen and oxygen atoms in total. The third-order valence-electron chi connectivity index (χ3n) is 2.96. The molecule has 20 heavy (non-hydrogen) atoms. The standard InChI is InChI=1S/C15H12FN3S/c1-9-13(10-4-2-5-11(16)8-10)19-15(20-9)12-6-3-7-18-14(12)17/h2-8H,1H3,(H2,17,18). The van der Waals surface area contributed by atoms with Crippen molar-refractivity contribution in [2.45, 2.75) is 6.92 Å². The van der Waals surface area contributed by atoms with Gasteiger partial charge in [0.2, 0.25) is 0 Å². The molecule has 0 unspecified atom stereocenters. The molecule has 2 N–H and O–H groups in total. The van der Waals surface area contributed by atoms with E-state index < -0.39 is 0 Å². The summed E-state index contributed by atoms with van der Waals surface area (Å²) in [6.07, 6.45) is 1.65. The van der Waals surface area contributed by atoms with E-state index in [0.29, 0.717) is 5.82 Å². The van der Waals surface area contributed by atoms with E-state index >= 15 is 0 Å². The smallest absolute Gasteiger partial charge is 0.133 e. The van der Waals surface area contributed by atoms with Crippen molar-refractivity contribution < 1.29 is 4.39 Å². The number of benzene rings is 1. The Labute approximate surface area is 119 Å². The lowest BCUT2D eigenvalue weighted by Gasteiger charge is -2.00. The van der Waals surface area contributed by atoms with Crippen LogP contribution < -0.4 is 5.73 Å². The molecule has 2 heterocycles. The minimum Gasteiger partial charge on any atom is -0.383 e. The van der Waals surface area contributed by atoms with Crippen LogP contribution in [0.15, 0.2) is 42.6 Å². The van der Waals surface area contributed by atoms with Gasteiger partial charge in [0.1, 0.15) is 16.6 Å². The first-order valence-corrected chi connectivity index (χ1v) is 6.91. The maximum absolute atomic E-state index is 13.3. The van der Waals surface area contributed by atoms with Crippen LogP contribution in [-0.2, 0) is 0 Å². The average Bonchev–Trinajstić information content (AvgIpc) is 2.81. The van der Waals surface area contributed by atoms with Crippen LogP contribution in [0.2, 0.25) is 0 Å². The van der Waals surface area contributed by atoms with Crippen molar-refractivity contribution in [2.24, 2.45) is 0 Å². The highest BCUT2D eigenvalue weighted by atomic mass is 32.1. The summed E-state index contributed by atoms with van der Waals surface area (Å²) < 4.78 is 13.3. The van der Waals surface area contributed by atoms with E-state index in [4.69, 9.17) is 5.73 Å². The molecule has 0 saturated carbocycles. The normalized spacial score (nSPS) is 10.7. The van der Waals surface area contributed by atoms with Gasteiger partial charge in [-0.3, -0.25) is 0 Å². The number of nitrogens with two attached hydrogens (primary N) is 1. The fraction of sp³-hybridized carbons (Fsp3) is 0.0667. The molecule has 0 fully saturated rings. The number of pyridine rings is 1. The minimum atomic E-state index is -0.266. The van der Waals surface area contributed by atoms with Crippen LogP contribution in [0.1, 0.15) is 4.88 Å². The van der Waals surface area contributed by atoms with Gasteiger partial charge in [0, 0.05) is 16.6 Å². The van der Waals surface area contributed by atoms with Gasteiger partial charge in [0.15, 0.2) is 0 Å². The molecule has 0 radical (unpaired) electrons. The predicted octanol–water partition coefficient (Wildman–Crippen LogP) is 3.90. The summed E-state index contributed by atoms with van der Waals surface area (Å²) in [6, 6.07) is 10.1. The van der Waals surface area contributed by atoms with E-state index in [0.717, 1.165) is 26.7 Å². The van der Waals surface area contributed by atoms with Gasteiger partial charge in [-0.25, -0.2) is 14.4 Å². The zero-order chi connectivity index (χ0) is 14.1. The summed E-state index contributed by atoms with van der Waals surface area (Å²) >= 11 is 1.53. The van der Waals surface area contributed by atoms with Crippen LogP contribution in [0.4, 0.5) is 10.2 Å². The topological polar surface area (TPSA) is 51.8 Å². The zero-order valence-corrected chi connectivity index (χ0v) is 11.6. The van der Waals surface area contributed by atoms with Crippen LogP contribution in [0.3, 0.4) is 0 Å². The number of thiazole rings is 1. The fourth-order valence-electron chi connectivity index (χ4n) is 2.01. The summed E-state index contributed by atoms with van der Waals surface area (Å²) in [5.74, 6) is 0.185. The molecule has 0 aliphatic heterocycles. The fourth-order valence-corrected chi connectivity index (χ4v) is 2.98. The van der Waals surface area contributed by atoms with Gasteiger partial charge in [-0.1, -0.05) is 12.1 Å². The van der Waals surface area contributed by atoms with Gasteiger partial charge in [0.25, 0.3) is 0 Å². The molecule has 0 aliphatic rings. The predicted molar refractivity (Wildman–Crippen MR) is 79.9 cm³/mol. The molecule has 2 aromatic heterocycles. The number of rotatable bonds is 2. The summed E-state index contributed by atoms with van der Waals surface area (Å²) in [6.45, 7) is 1.97. The second kappa shape index (κ2) is 5.02. The largest absolute Gasteiger partial charge is 0.383 e. The van der Waals surface area contributed by atoms with Crippen molar-refractivity contribution >= 4 is 17.2 Å². The quantitative estimate of drug-likeness (QED) is 0.777. The molecular weight excluding hydrogens is 273 g/mol. The molecule has 0 aliphatic carbocycles. The first kappa shape index (κ1) is 12.7. The van der Waals surface area contributed by atoms with Crippen molar-refractivity contribution in [3.8, 4) is 21.8 Å². The van der Waals surface area contributed by atoms with E-state index in [-0.39, 0.29) is 5.82 Å². The number of nitrogen functional groups attached to an aromatic ring is 1. The van der Waals surface area contributed by atoms with E-state index in [1.54, 1.807) is 12.3 Å². The maximum Gasteiger partial charge on any atom is 0.133 e. The molecule has 1 aromatic carbocycles. The first-order chi connectivity index (χ1) is 9.65. The van der Waals surface area contributed by atoms with E-state index in [1.165, 1.54) is 23.5 Å². The van der Waals surface area contributed by atoms with Crippen molar-refractivity contribution in [3.63, 3.8) is 0 Å². The van der Waals surface area contributed by atoms with Crippen molar-refractivity contribution in [2.75, 3.05) is 5.73 Å². The first-order valence-electron chi connectivity index (χ1n) is 6.09. The van der Waals surface area contributed by atoms with E-state index in [1.807, 2.05) is 25.1 Å². The molecule has 0 saturated heterocycles. The molecule has 3 rings (SSSR count). The number of aryl methyl sites for hydroxylation is 1. The molecule has 0 amide bonds. The van der Waals surface area contributed by atoms with Crippen LogP contribution in [0.5, 0.6) is 0 Å². The second-order valence-electron chi connectivity index (χ2n) is 4.37. The third-order valence-corrected chi connectivity index (χ3v) is 3.97. The highest BCUT2D eigenvalue weighted by Crippen LogP contribution is 2.34. The van der Waals surface area contributed by atoms with Gasteiger partial charge in [-0.2, -0.15) is 0 Å². The van der Waals surface area contributed by atoms with Crippen LogP contribution in [0.25, 0.3) is 21.8 Å². The third kappa shape index (κ3) is 2.28. The summed E-state index contributed by atoms with van der Waals surface area (Å²) in [4.78, 5) is 9.67. The maximum atomic E-state index is 13.3. The van der Waals surface area contributed by atoms with Crippen LogP contribution in [0, 0.1) is 12.7 Å². The lowest BCUT2D eigenvalue weighted by atomic mass is 10.1. The monoisotopic (exact) mass is 285 g/mol. The van der Waals surface area contributed by atoms with Gasteiger partial charge in [0.05, 0.1) is 11.3 Å². The molecule has 3 aromatic rings. The summed E-state index contributed by atoms with van der Waals surface area (Å²) in [5, 5.41) is 0.798. The highest BCUT2D eigenvalue weighted by molar-refractivity contribution is 7.15. The van der Waals surface area contributed by atoms with Gasteiger partial charge in [-0.05, 0) is 31.2 Å². The molecule has 0 atom stereocenters. The number of hydrogen-bond acceptors (Lipinski definition) is 4. The Balaban J connectivity index is 2.10. The number of nitrogens with zero attached hydrogens (tertiary/aromatic N) is 2. The van der Waals surface area contributed by atoms with Gasteiger partial charge in [-0.15, -0.1) is 11.3 Å². The number of halogens is 1. The summed E-state index contributed by atoms with van der Waals surface area (Å²) in [5.41, 5.74) is 8.23. The lowest BCUT2D eigenvalue weighted by Crippen LogP contribution is -1.92. The number of hydrogen-bond donors (Lipinski definition) is 1. The van der Waals surface area contributed by atoms with Crippen molar-refractivity contribution in [3.05, 3.63) is 53.3 Å². The molecule has 5 heteroatoms. The Kier molecular flexibility index (Phi) is 3.20. The number of anilines is 1. The van der Waals surface area contributed by atoms with Gasteiger partial charge < -0.3 is 5.73 Å². The van der Waals surface area contributed by atoms with E-state index in [9.17, 15) is 4.39 Å². The average molecular weight is 285 g/mol. The zero-order valence-electron chi connectivity index (χ0n) is 10.8. The summed E-state index contributed by atoms with van der Waals surface area (Å²) in [7, 11) is 0. The number of aromatic nitrogens is 2. The van der Waals surface area contributed by atoms with Crippen LogP contribution >= 0.6 is 11.3 Å². The van der Waals surface area contributed by atoms with Crippen LogP contribution in [-0.4, -0.2) is 9.97 Å². The highest BCUT2D eigenvalue weighted by Gasteiger charge is 2.13. The Hall–Kier alpha value is -2.27. The Bertz CT molecular complexity index is 767. The Morgan fingerprint density at radius 3 is 2.80 bits per heavy atom. The lowest BCUT2D eigenvalue weighted by molar-refractivity contribution is 0.628.